The summed E-state index contributed by atoms with van der Waals surface area (Å²) in [6.45, 7) is 7.31. The Morgan fingerprint density at radius 2 is 2.14 bits per heavy atom. The molecule has 2 saturated heterocycles. The molecular formula is C11H18BNO. The lowest BCUT2D eigenvalue weighted by Gasteiger charge is -2.16. The molecule has 3 unspecified atom stereocenters. The van der Waals surface area contributed by atoms with Gasteiger partial charge in [0.2, 0.25) is 5.91 Å². The first-order chi connectivity index (χ1) is 6.52. The highest BCUT2D eigenvalue weighted by atomic mass is 16.2. The van der Waals surface area contributed by atoms with Gasteiger partial charge in [0.05, 0.1) is 0 Å². The summed E-state index contributed by atoms with van der Waals surface area (Å²) >= 11 is 0. The van der Waals surface area contributed by atoms with E-state index in [9.17, 15) is 4.79 Å². The van der Waals surface area contributed by atoms with Crippen LogP contribution in [-0.2, 0) is 4.79 Å². The molecule has 0 N–H and O–H groups in total. The molecule has 2 fully saturated rings. The van der Waals surface area contributed by atoms with E-state index in [4.69, 9.17) is 0 Å². The Balaban J connectivity index is 2.25. The van der Waals surface area contributed by atoms with Gasteiger partial charge < -0.3 is 4.90 Å². The number of nitrogens with zero attached hydrogens (tertiary/aromatic N) is 1. The quantitative estimate of drug-likeness (QED) is 0.518. The number of carbonyl (C=O) groups excluding carboxylic acids is 1. The van der Waals surface area contributed by atoms with Crippen LogP contribution in [0.15, 0.2) is 11.0 Å². The van der Waals surface area contributed by atoms with Crippen molar-refractivity contribution in [2.75, 3.05) is 6.54 Å². The largest absolute Gasteiger partial charge is 0.335 e. The van der Waals surface area contributed by atoms with Crippen LogP contribution in [0.1, 0.15) is 27.2 Å². The van der Waals surface area contributed by atoms with E-state index in [1.165, 1.54) is 11.0 Å². The number of carbonyl (C=O) groups is 1. The van der Waals surface area contributed by atoms with Crippen molar-refractivity contribution in [2.24, 2.45) is 11.8 Å². The summed E-state index contributed by atoms with van der Waals surface area (Å²) in [6.07, 6.45) is 1.11. The molecule has 0 aromatic carbocycles. The van der Waals surface area contributed by atoms with Gasteiger partial charge in [0, 0.05) is 18.5 Å². The maximum Gasteiger partial charge on any atom is 0.226 e. The van der Waals surface area contributed by atoms with Crippen molar-refractivity contribution >= 4 is 13.8 Å². The predicted molar refractivity (Wildman–Crippen MR) is 59.7 cm³/mol. The zero-order chi connectivity index (χ0) is 10.5. The zero-order valence-electron chi connectivity index (χ0n) is 9.50. The molecule has 0 aliphatic carbocycles. The van der Waals surface area contributed by atoms with Gasteiger partial charge in [0.25, 0.3) is 0 Å². The normalized spacial score (nSPS) is 40.4. The van der Waals surface area contributed by atoms with Gasteiger partial charge in [-0.3, -0.25) is 4.79 Å². The zero-order valence-corrected chi connectivity index (χ0v) is 9.50. The minimum absolute atomic E-state index is 0.235. The summed E-state index contributed by atoms with van der Waals surface area (Å²) in [5.41, 5.74) is 2.87. The van der Waals surface area contributed by atoms with Gasteiger partial charge in [-0.05, 0) is 12.3 Å². The molecule has 2 aliphatic rings. The number of rotatable bonds is 0. The van der Waals surface area contributed by atoms with Gasteiger partial charge in [-0.15, -0.1) is 5.47 Å². The van der Waals surface area contributed by atoms with Crippen molar-refractivity contribution in [1.82, 2.24) is 4.90 Å². The topological polar surface area (TPSA) is 20.3 Å². The molecule has 0 saturated carbocycles. The molecule has 0 aromatic rings. The van der Waals surface area contributed by atoms with Gasteiger partial charge in [-0.25, -0.2) is 0 Å². The van der Waals surface area contributed by atoms with Gasteiger partial charge in [0.1, 0.15) is 7.85 Å². The average Bonchev–Trinajstić information content (AvgIpc) is 2.64. The van der Waals surface area contributed by atoms with Crippen molar-refractivity contribution in [3.8, 4) is 0 Å². The fraction of sp³-hybridized carbons (Fsp3) is 0.727. The van der Waals surface area contributed by atoms with E-state index >= 15 is 0 Å². The minimum atomic E-state index is 0.235. The lowest BCUT2D eigenvalue weighted by atomic mass is 9.86. The highest BCUT2D eigenvalue weighted by molar-refractivity contribution is 6.21. The van der Waals surface area contributed by atoms with E-state index in [1.807, 2.05) is 0 Å². The van der Waals surface area contributed by atoms with Crippen LogP contribution in [0.4, 0.5) is 0 Å². The number of fused-ring (bicyclic) bond motifs is 1. The first-order valence-electron chi connectivity index (χ1n) is 5.48. The van der Waals surface area contributed by atoms with E-state index < -0.39 is 0 Å². The molecule has 2 heterocycles. The van der Waals surface area contributed by atoms with Gasteiger partial charge in [-0.2, -0.15) is 0 Å². The number of amides is 1. The van der Waals surface area contributed by atoms with Crippen LogP contribution >= 0.6 is 0 Å². The smallest absolute Gasteiger partial charge is 0.226 e. The van der Waals surface area contributed by atoms with Crippen molar-refractivity contribution in [1.29, 1.82) is 0 Å². The summed E-state index contributed by atoms with van der Waals surface area (Å²) in [7, 11) is 2.15. The minimum Gasteiger partial charge on any atom is -0.335 e. The second-order valence-electron chi connectivity index (χ2n) is 4.99. The van der Waals surface area contributed by atoms with Crippen molar-refractivity contribution in [3.63, 3.8) is 0 Å². The summed E-state index contributed by atoms with van der Waals surface area (Å²) in [5, 5.41) is 0. The summed E-state index contributed by atoms with van der Waals surface area (Å²) < 4.78 is 0. The molecule has 1 amide bonds. The molecule has 76 valence electrons. The van der Waals surface area contributed by atoms with E-state index in [1.54, 1.807) is 0 Å². The fourth-order valence-corrected chi connectivity index (χ4v) is 2.64. The second-order valence-corrected chi connectivity index (χ2v) is 4.99. The maximum atomic E-state index is 11.9. The molecule has 0 radical (unpaired) electrons. The molecule has 3 heteroatoms. The second kappa shape index (κ2) is 3.14. The van der Waals surface area contributed by atoms with Crippen LogP contribution in [0.25, 0.3) is 0 Å². The molecule has 0 aromatic heterocycles. The Kier molecular flexibility index (Phi) is 2.21. The third-order valence-electron chi connectivity index (χ3n) is 3.99. The van der Waals surface area contributed by atoms with E-state index in [0.29, 0.717) is 17.9 Å². The van der Waals surface area contributed by atoms with E-state index in [2.05, 4.69) is 33.5 Å². The highest BCUT2D eigenvalue weighted by Gasteiger charge is 2.46. The monoisotopic (exact) mass is 191 g/mol. The third kappa shape index (κ3) is 1.22. The summed E-state index contributed by atoms with van der Waals surface area (Å²) in [4.78, 5) is 13.9. The summed E-state index contributed by atoms with van der Waals surface area (Å²) in [5.74, 6) is 1.12. The Labute approximate surface area is 86.8 Å². The van der Waals surface area contributed by atoms with E-state index in [0.717, 1.165) is 13.0 Å². The van der Waals surface area contributed by atoms with Crippen LogP contribution in [0, 0.1) is 11.8 Å². The maximum absolute atomic E-state index is 11.9. The van der Waals surface area contributed by atoms with Crippen molar-refractivity contribution < 1.29 is 4.79 Å². The first kappa shape index (κ1) is 9.82. The number of hydrogen-bond donors (Lipinski definition) is 0. The summed E-state index contributed by atoms with van der Waals surface area (Å²) in [6, 6.07) is 0.488. The SMILES string of the molecule is B/C(C)=C1\CC2C(C)C(C)C(=O)N2C1. The Hall–Kier alpha value is -0.725. The van der Waals surface area contributed by atoms with Crippen LogP contribution in [0.5, 0.6) is 0 Å². The molecule has 2 aliphatic heterocycles. The molecule has 3 atom stereocenters. The van der Waals surface area contributed by atoms with Gasteiger partial charge >= 0.3 is 0 Å². The highest BCUT2D eigenvalue weighted by Crippen LogP contribution is 2.39. The lowest BCUT2D eigenvalue weighted by Crippen LogP contribution is -2.28. The Morgan fingerprint density at radius 3 is 2.64 bits per heavy atom. The predicted octanol–water partition coefficient (Wildman–Crippen LogP) is 0.780. The van der Waals surface area contributed by atoms with Crippen molar-refractivity contribution in [2.45, 2.75) is 33.2 Å². The average molecular weight is 191 g/mol. The third-order valence-corrected chi connectivity index (χ3v) is 3.99. The molecule has 0 bridgehead atoms. The number of allylic oxidation sites excluding steroid dienone is 1. The van der Waals surface area contributed by atoms with Crippen LogP contribution in [0.2, 0.25) is 0 Å². The first-order valence-corrected chi connectivity index (χ1v) is 5.48. The fourth-order valence-electron chi connectivity index (χ4n) is 2.64. The molecule has 2 rings (SSSR count). The van der Waals surface area contributed by atoms with E-state index in [-0.39, 0.29) is 5.92 Å². The van der Waals surface area contributed by atoms with Crippen LogP contribution < -0.4 is 0 Å². The molecular weight excluding hydrogens is 173 g/mol. The number of hydrogen-bond acceptors (Lipinski definition) is 1. The standard InChI is InChI=1S/C11H18BNO/c1-6-7(2)11(14)13-5-9(8(3)12)4-10(6)13/h6-7,10H,4-5,12H2,1-3H3/b9-8+. The Bertz CT molecular complexity index is 306. The van der Waals surface area contributed by atoms with Crippen LogP contribution in [0.3, 0.4) is 0 Å². The van der Waals surface area contributed by atoms with Crippen molar-refractivity contribution in [3.05, 3.63) is 11.0 Å². The lowest BCUT2D eigenvalue weighted by molar-refractivity contribution is -0.130. The Morgan fingerprint density at radius 1 is 1.50 bits per heavy atom. The van der Waals surface area contributed by atoms with Gasteiger partial charge in [-0.1, -0.05) is 26.3 Å². The molecule has 0 spiro atoms. The van der Waals surface area contributed by atoms with Crippen LogP contribution in [-0.4, -0.2) is 31.2 Å². The molecule has 2 nitrogen and oxygen atoms in total. The van der Waals surface area contributed by atoms with Gasteiger partial charge in [0.15, 0.2) is 0 Å². The molecule has 14 heavy (non-hydrogen) atoms.